The van der Waals surface area contributed by atoms with Crippen LogP contribution in [0.2, 0.25) is 0 Å². The number of nitrogens with one attached hydrogen (secondary N) is 1. The molecule has 2 aromatic carbocycles. The highest BCUT2D eigenvalue weighted by Gasteiger charge is 2.39. The molecular formula is C18H17BrFNO. The number of hydrogen-bond acceptors (Lipinski definition) is 2. The Morgan fingerprint density at radius 2 is 1.95 bits per heavy atom. The minimum absolute atomic E-state index is 0.109. The van der Waals surface area contributed by atoms with E-state index >= 15 is 0 Å². The highest BCUT2D eigenvalue weighted by molar-refractivity contribution is 9.10. The van der Waals surface area contributed by atoms with E-state index in [4.69, 9.17) is 4.74 Å². The van der Waals surface area contributed by atoms with Gasteiger partial charge in [0, 0.05) is 28.2 Å². The molecule has 114 valence electrons. The molecule has 1 saturated heterocycles. The van der Waals surface area contributed by atoms with Crippen molar-refractivity contribution in [3.63, 3.8) is 0 Å². The van der Waals surface area contributed by atoms with Gasteiger partial charge in [-0.25, -0.2) is 4.39 Å². The fourth-order valence-electron chi connectivity index (χ4n) is 3.64. The normalized spacial score (nSPS) is 26.7. The summed E-state index contributed by atoms with van der Waals surface area (Å²) in [6.45, 7) is 0.809. The first-order chi connectivity index (χ1) is 10.7. The average Bonchev–Trinajstić information content (AvgIpc) is 2.55. The van der Waals surface area contributed by atoms with Crippen LogP contribution in [-0.4, -0.2) is 6.61 Å². The van der Waals surface area contributed by atoms with Crippen LogP contribution in [0.4, 0.5) is 10.1 Å². The van der Waals surface area contributed by atoms with Crippen LogP contribution in [0.3, 0.4) is 0 Å². The molecule has 22 heavy (non-hydrogen) atoms. The molecule has 0 bridgehead atoms. The molecule has 0 radical (unpaired) electrons. The van der Waals surface area contributed by atoms with Gasteiger partial charge in [-0.05, 0) is 48.7 Å². The summed E-state index contributed by atoms with van der Waals surface area (Å²) in [6, 6.07) is 13.3. The molecule has 1 N–H and O–H groups in total. The maximum absolute atomic E-state index is 13.2. The molecule has 0 amide bonds. The zero-order valence-electron chi connectivity index (χ0n) is 12.1. The molecule has 2 nitrogen and oxygen atoms in total. The van der Waals surface area contributed by atoms with Crippen LogP contribution in [0.15, 0.2) is 46.9 Å². The predicted molar refractivity (Wildman–Crippen MR) is 88.3 cm³/mol. The molecule has 3 atom stereocenters. The summed E-state index contributed by atoms with van der Waals surface area (Å²) in [7, 11) is 0. The van der Waals surface area contributed by atoms with Gasteiger partial charge >= 0.3 is 0 Å². The molecule has 0 aliphatic carbocycles. The van der Waals surface area contributed by atoms with E-state index in [1.165, 1.54) is 17.7 Å². The number of rotatable bonds is 1. The Kier molecular flexibility index (Phi) is 3.66. The largest absolute Gasteiger partial charge is 0.378 e. The molecule has 1 unspecified atom stereocenters. The van der Waals surface area contributed by atoms with E-state index in [1.807, 2.05) is 18.2 Å². The van der Waals surface area contributed by atoms with Crippen molar-refractivity contribution in [3.8, 4) is 0 Å². The van der Waals surface area contributed by atoms with Crippen molar-refractivity contribution < 1.29 is 9.13 Å². The van der Waals surface area contributed by atoms with Crippen molar-refractivity contribution in [1.29, 1.82) is 0 Å². The number of halogens is 2. The zero-order chi connectivity index (χ0) is 15.1. The van der Waals surface area contributed by atoms with Crippen molar-refractivity contribution in [1.82, 2.24) is 0 Å². The monoisotopic (exact) mass is 361 g/mol. The zero-order valence-corrected chi connectivity index (χ0v) is 13.6. The maximum atomic E-state index is 13.2. The smallest absolute Gasteiger partial charge is 0.123 e. The average molecular weight is 362 g/mol. The first kappa shape index (κ1) is 14.2. The summed E-state index contributed by atoms with van der Waals surface area (Å²) in [5, 5.41) is 3.64. The van der Waals surface area contributed by atoms with Crippen LogP contribution in [0, 0.1) is 11.7 Å². The Morgan fingerprint density at radius 3 is 2.77 bits per heavy atom. The number of hydrogen-bond donors (Lipinski definition) is 1. The molecule has 4 rings (SSSR count). The van der Waals surface area contributed by atoms with E-state index in [0.717, 1.165) is 35.2 Å². The lowest BCUT2D eigenvalue weighted by atomic mass is 9.77. The van der Waals surface area contributed by atoms with Crippen LogP contribution in [0.25, 0.3) is 0 Å². The van der Waals surface area contributed by atoms with E-state index in [9.17, 15) is 4.39 Å². The third-order valence-electron chi connectivity index (χ3n) is 4.66. The second kappa shape index (κ2) is 5.67. The van der Waals surface area contributed by atoms with Crippen molar-refractivity contribution in [2.24, 2.45) is 5.92 Å². The van der Waals surface area contributed by atoms with Gasteiger partial charge in [0.15, 0.2) is 0 Å². The summed E-state index contributed by atoms with van der Waals surface area (Å²) in [6.07, 6.45) is 2.30. The van der Waals surface area contributed by atoms with Crippen molar-refractivity contribution in [3.05, 3.63) is 63.9 Å². The molecule has 2 aliphatic rings. The lowest BCUT2D eigenvalue weighted by molar-refractivity contribution is -0.0381. The van der Waals surface area contributed by atoms with Gasteiger partial charge in [-0.2, -0.15) is 0 Å². The topological polar surface area (TPSA) is 21.3 Å². The van der Waals surface area contributed by atoms with Gasteiger partial charge < -0.3 is 10.1 Å². The number of benzene rings is 2. The third-order valence-corrected chi connectivity index (χ3v) is 5.15. The molecule has 1 fully saturated rings. The van der Waals surface area contributed by atoms with Crippen molar-refractivity contribution in [2.75, 3.05) is 11.9 Å². The van der Waals surface area contributed by atoms with Crippen LogP contribution >= 0.6 is 15.9 Å². The van der Waals surface area contributed by atoms with Crippen LogP contribution < -0.4 is 5.32 Å². The Bertz CT molecular complexity index is 688. The summed E-state index contributed by atoms with van der Waals surface area (Å²) < 4.78 is 20.4. The van der Waals surface area contributed by atoms with E-state index < -0.39 is 0 Å². The lowest BCUT2D eigenvalue weighted by Gasteiger charge is -2.43. The summed E-state index contributed by atoms with van der Waals surface area (Å²) >= 11 is 3.55. The second-order valence-corrected chi connectivity index (χ2v) is 6.92. The summed E-state index contributed by atoms with van der Waals surface area (Å²) in [5.41, 5.74) is 3.45. The van der Waals surface area contributed by atoms with Crippen molar-refractivity contribution in [2.45, 2.75) is 25.0 Å². The third kappa shape index (κ3) is 2.44. The van der Waals surface area contributed by atoms with Gasteiger partial charge in [0.2, 0.25) is 0 Å². The lowest BCUT2D eigenvalue weighted by Crippen LogP contribution is -2.36. The Hall–Kier alpha value is -1.39. The predicted octanol–water partition coefficient (Wildman–Crippen LogP) is 5.22. The van der Waals surface area contributed by atoms with Crippen LogP contribution in [-0.2, 0) is 4.74 Å². The SMILES string of the molecule is Fc1ccc(C2Nc3ccc(Br)cc3[C@H]3OCCC[C@@H]23)cc1. The second-order valence-electron chi connectivity index (χ2n) is 6.00. The van der Waals surface area contributed by atoms with Gasteiger partial charge in [-0.1, -0.05) is 28.1 Å². The maximum Gasteiger partial charge on any atom is 0.123 e. The molecule has 0 spiro atoms. The Balaban J connectivity index is 1.77. The molecule has 2 heterocycles. The van der Waals surface area contributed by atoms with Gasteiger partial charge in [0.25, 0.3) is 0 Å². The Labute approximate surface area is 137 Å². The molecule has 0 saturated carbocycles. The summed E-state index contributed by atoms with van der Waals surface area (Å²) in [4.78, 5) is 0. The summed E-state index contributed by atoms with van der Waals surface area (Å²) in [5.74, 6) is 0.182. The van der Waals surface area contributed by atoms with Gasteiger partial charge in [-0.15, -0.1) is 0 Å². The van der Waals surface area contributed by atoms with Crippen molar-refractivity contribution >= 4 is 21.6 Å². The van der Waals surface area contributed by atoms with Gasteiger partial charge in [0.1, 0.15) is 5.82 Å². The first-order valence-corrected chi connectivity index (χ1v) is 8.45. The fourth-order valence-corrected chi connectivity index (χ4v) is 4.02. The minimum Gasteiger partial charge on any atom is -0.378 e. The number of anilines is 1. The molecule has 2 aliphatic heterocycles. The van der Waals surface area contributed by atoms with E-state index in [-0.39, 0.29) is 18.0 Å². The minimum atomic E-state index is -0.194. The van der Waals surface area contributed by atoms with Crippen LogP contribution in [0.5, 0.6) is 0 Å². The highest BCUT2D eigenvalue weighted by Crippen LogP contribution is 2.49. The van der Waals surface area contributed by atoms with Gasteiger partial charge in [-0.3, -0.25) is 0 Å². The number of fused-ring (bicyclic) bond motifs is 3. The fraction of sp³-hybridized carbons (Fsp3) is 0.333. The van der Waals surface area contributed by atoms with Crippen LogP contribution in [0.1, 0.15) is 36.1 Å². The molecule has 2 aromatic rings. The van der Waals surface area contributed by atoms with Gasteiger partial charge in [0.05, 0.1) is 12.1 Å². The number of ether oxygens (including phenoxy) is 1. The Morgan fingerprint density at radius 1 is 1.14 bits per heavy atom. The molecule has 4 heteroatoms. The van der Waals surface area contributed by atoms with E-state index in [0.29, 0.717) is 5.92 Å². The van der Waals surface area contributed by atoms with E-state index in [2.05, 4.69) is 33.4 Å². The molecular weight excluding hydrogens is 345 g/mol. The molecule has 0 aromatic heterocycles. The standard InChI is InChI=1S/C18H17BrFNO/c19-12-5-8-16-15(10-12)18-14(2-1-9-22-18)17(21-16)11-3-6-13(20)7-4-11/h3-8,10,14,17-18,21H,1-2,9H2/t14-,17?,18-/m0/s1. The first-order valence-electron chi connectivity index (χ1n) is 7.65. The van der Waals surface area contributed by atoms with E-state index in [1.54, 1.807) is 0 Å². The quantitative estimate of drug-likeness (QED) is 0.751. The highest BCUT2D eigenvalue weighted by atomic mass is 79.9.